The third kappa shape index (κ3) is 4.20. The van der Waals surface area contributed by atoms with Gasteiger partial charge in [0.2, 0.25) is 0 Å². The molecule has 0 saturated carbocycles. The lowest BCUT2D eigenvalue weighted by atomic mass is 10.2. The fourth-order valence-electron chi connectivity index (χ4n) is 2.29. The molecule has 0 aliphatic rings. The SMILES string of the molecule is CN(C)Cc1cc(NC(=O)c2cn(-c3cccnc3)nn2)ccc1Cl. The molecule has 1 aromatic carbocycles. The van der Waals surface area contributed by atoms with Crippen LogP contribution in [0.15, 0.2) is 48.9 Å². The normalized spacial score (nSPS) is 10.9. The Morgan fingerprint density at radius 2 is 2.16 bits per heavy atom. The van der Waals surface area contributed by atoms with Gasteiger partial charge >= 0.3 is 0 Å². The van der Waals surface area contributed by atoms with Crippen molar-refractivity contribution in [3.8, 4) is 5.69 Å². The Hall–Kier alpha value is -2.77. The molecule has 3 rings (SSSR count). The zero-order valence-electron chi connectivity index (χ0n) is 13.8. The summed E-state index contributed by atoms with van der Waals surface area (Å²) in [7, 11) is 3.91. The highest BCUT2D eigenvalue weighted by molar-refractivity contribution is 6.31. The molecule has 0 spiro atoms. The first kappa shape index (κ1) is 17.1. The number of rotatable bonds is 5. The number of aromatic nitrogens is 4. The van der Waals surface area contributed by atoms with Gasteiger partial charge in [0.1, 0.15) is 0 Å². The van der Waals surface area contributed by atoms with Gasteiger partial charge in [0.15, 0.2) is 5.69 Å². The van der Waals surface area contributed by atoms with Crippen molar-refractivity contribution in [1.82, 2.24) is 24.9 Å². The van der Waals surface area contributed by atoms with Crippen LogP contribution in [0, 0.1) is 0 Å². The van der Waals surface area contributed by atoms with Crippen molar-refractivity contribution < 1.29 is 4.79 Å². The largest absolute Gasteiger partial charge is 0.321 e. The van der Waals surface area contributed by atoms with Crippen molar-refractivity contribution in [2.24, 2.45) is 0 Å². The smallest absolute Gasteiger partial charge is 0.277 e. The van der Waals surface area contributed by atoms with Crippen molar-refractivity contribution >= 4 is 23.2 Å². The minimum absolute atomic E-state index is 0.216. The summed E-state index contributed by atoms with van der Waals surface area (Å²) in [5.41, 5.74) is 2.53. The van der Waals surface area contributed by atoms with E-state index in [1.165, 1.54) is 4.68 Å². The molecule has 7 nitrogen and oxygen atoms in total. The highest BCUT2D eigenvalue weighted by Gasteiger charge is 2.13. The Morgan fingerprint density at radius 3 is 2.88 bits per heavy atom. The van der Waals surface area contributed by atoms with Gasteiger partial charge in [-0.1, -0.05) is 16.8 Å². The maximum atomic E-state index is 12.4. The van der Waals surface area contributed by atoms with Crippen LogP contribution in [0.1, 0.15) is 16.1 Å². The Bertz CT molecular complexity index is 878. The van der Waals surface area contributed by atoms with Crippen LogP contribution in [-0.2, 0) is 6.54 Å². The first-order chi connectivity index (χ1) is 12.0. The molecule has 1 N–H and O–H groups in total. The average molecular weight is 357 g/mol. The van der Waals surface area contributed by atoms with Gasteiger partial charge in [-0.15, -0.1) is 5.10 Å². The summed E-state index contributed by atoms with van der Waals surface area (Å²) in [6.07, 6.45) is 4.87. The highest BCUT2D eigenvalue weighted by Crippen LogP contribution is 2.22. The Kier molecular flexibility index (Phi) is 5.06. The van der Waals surface area contributed by atoms with Gasteiger partial charge in [-0.05, 0) is 50.0 Å². The van der Waals surface area contributed by atoms with Crippen LogP contribution < -0.4 is 5.32 Å². The third-order valence-corrected chi connectivity index (χ3v) is 3.80. The van der Waals surface area contributed by atoms with Crippen LogP contribution in [0.2, 0.25) is 5.02 Å². The van der Waals surface area contributed by atoms with Crippen molar-refractivity contribution in [2.45, 2.75) is 6.54 Å². The number of amides is 1. The zero-order chi connectivity index (χ0) is 17.8. The van der Waals surface area contributed by atoms with Gasteiger partial charge in [0.25, 0.3) is 5.91 Å². The van der Waals surface area contributed by atoms with Crippen LogP contribution in [-0.4, -0.2) is 44.9 Å². The second kappa shape index (κ2) is 7.42. The first-order valence-electron chi connectivity index (χ1n) is 7.60. The third-order valence-electron chi connectivity index (χ3n) is 3.43. The van der Waals surface area contributed by atoms with Gasteiger partial charge in [-0.3, -0.25) is 9.78 Å². The van der Waals surface area contributed by atoms with Crippen LogP contribution >= 0.6 is 11.6 Å². The number of nitrogens with one attached hydrogen (secondary N) is 1. The molecule has 0 aliphatic carbocycles. The van der Waals surface area contributed by atoms with Crippen LogP contribution in [0.25, 0.3) is 5.69 Å². The molecule has 25 heavy (non-hydrogen) atoms. The fourth-order valence-corrected chi connectivity index (χ4v) is 2.47. The molecule has 0 saturated heterocycles. The summed E-state index contributed by atoms with van der Waals surface area (Å²) in [5, 5.41) is 11.4. The first-order valence-corrected chi connectivity index (χ1v) is 7.98. The molecular weight excluding hydrogens is 340 g/mol. The van der Waals surface area contributed by atoms with Crippen LogP contribution in [0.3, 0.4) is 0 Å². The number of pyridine rings is 1. The summed E-state index contributed by atoms with van der Waals surface area (Å²) in [4.78, 5) is 18.4. The number of hydrogen-bond acceptors (Lipinski definition) is 5. The van der Waals surface area contributed by atoms with Gasteiger partial charge < -0.3 is 10.2 Å². The summed E-state index contributed by atoms with van der Waals surface area (Å²) in [5.74, 6) is -0.340. The van der Waals surface area contributed by atoms with E-state index in [2.05, 4.69) is 20.6 Å². The molecule has 2 aromatic heterocycles. The van der Waals surface area contributed by atoms with E-state index < -0.39 is 0 Å². The van der Waals surface area contributed by atoms with E-state index in [9.17, 15) is 4.79 Å². The van der Waals surface area contributed by atoms with Crippen LogP contribution in [0.4, 0.5) is 5.69 Å². The molecular formula is C17H17ClN6O. The fraction of sp³-hybridized carbons (Fsp3) is 0.176. The predicted octanol–water partition coefficient (Wildman–Crippen LogP) is 2.63. The van der Waals surface area contributed by atoms with E-state index in [0.717, 1.165) is 11.3 Å². The lowest BCUT2D eigenvalue weighted by molar-refractivity contribution is 0.102. The van der Waals surface area contributed by atoms with Gasteiger partial charge in [-0.2, -0.15) is 0 Å². The Balaban J connectivity index is 1.76. The molecule has 0 aliphatic heterocycles. The number of hydrogen-bond donors (Lipinski definition) is 1. The van der Waals surface area contributed by atoms with E-state index in [4.69, 9.17) is 11.6 Å². The maximum absolute atomic E-state index is 12.4. The van der Waals surface area contributed by atoms with Crippen molar-refractivity contribution in [2.75, 3.05) is 19.4 Å². The molecule has 3 aromatic rings. The molecule has 0 fully saturated rings. The number of carbonyl (C=O) groups excluding carboxylic acids is 1. The summed E-state index contributed by atoms with van der Waals surface area (Å²) in [6.45, 7) is 0.680. The maximum Gasteiger partial charge on any atom is 0.277 e. The number of halogens is 1. The van der Waals surface area contributed by atoms with E-state index in [1.54, 1.807) is 36.8 Å². The molecule has 8 heteroatoms. The predicted molar refractivity (Wildman–Crippen MR) is 96.0 cm³/mol. The Labute approximate surface area is 150 Å². The summed E-state index contributed by atoms with van der Waals surface area (Å²) < 4.78 is 1.50. The molecule has 0 unspecified atom stereocenters. The molecule has 1 amide bonds. The van der Waals surface area contributed by atoms with Crippen molar-refractivity contribution in [3.05, 3.63) is 65.2 Å². The molecule has 0 atom stereocenters. The van der Waals surface area contributed by atoms with E-state index in [1.807, 2.05) is 31.1 Å². The molecule has 0 bridgehead atoms. The minimum Gasteiger partial charge on any atom is -0.321 e. The standard InChI is InChI=1S/C17H17ClN6O/c1-23(2)10-12-8-13(5-6-15(12)18)20-17(25)16-11-24(22-21-16)14-4-3-7-19-9-14/h3-9,11H,10H2,1-2H3,(H,20,25). The molecule has 128 valence electrons. The summed E-state index contributed by atoms with van der Waals surface area (Å²) >= 11 is 6.19. The topological polar surface area (TPSA) is 75.9 Å². The molecule has 2 heterocycles. The van der Waals surface area contributed by atoms with Gasteiger partial charge in [0.05, 0.1) is 18.1 Å². The minimum atomic E-state index is -0.340. The second-order valence-corrected chi connectivity index (χ2v) is 6.16. The number of nitrogens with zero attached hydrogens (tertiary/aromatic N) is 5. The van der Waals surface area contributed by atoms with Gasteiger partial charge in [0, 0.05) is 23.5 Å². The second-order valence-electron chi connectivity index (χ2n) is 5.76. The number of benzene rings is 1. The summed E-state index contributed by atoms with van der Waals surface area (Å²) in [6, 6.07) is 8.99. The van der Waals surface area contributed by atoms with Crippen LogP contribution in [0.5, 0.6) is 0 Å². The van der Waals surface area contributed by atoms with E-state index in [-0.39, 0.29) is 11.6 Å². The highest BCUT2D eigenvalue weighted by atomic mass is 35.5. The molecule has 0 radical (unpaired) electrons. The van der Waals surface area contributed by atoms with E-state index in [0.29, 0.717) is 17.3 Å². The lowest BCUT2D eigenvalue weighted by Gasteiger charge is -2.13. The zero-order valence-corrected chi connectivity index (χ0v) is 14.6. The van der Waals surface area contributed by atoms with Crippen molar-refractivity contribution in [3.63, 3.8) is 0 Å². The average Bonchev–Trinajstić information content (AvgIpc) is 3.08. The lowest BCUT2D eigenvalue weighted by Crippen LogP contribution is -2.14. The monoisotopic (exact) mass is 356 g/mol. The number of carbonyl (C=O) groups is 1. The van der Waals surface area contributed by atoms with Gasteiger partial charge in [-0.25, -0.2) is 4.68 Å². The quantitative estimate of drug-likeness (QED) is 0.760. The van der Waals surface area contributed by atoms with E-state index >= 15 is 0 Å². The Morgan fingerprint density at radius 1 is 1.32 bits per heavy atom. The number of anilines is 1. The van der Waals surface area contributed by atoms with Crippen molar-refractivity contribution in [1.29, 1.82) is 0 Å².